The van der Waals surface area contributed by atoms with E-state index < -0.39 is 22.0 Å². The minimum absolute atomic E-state index is 0.0285. The van der Waals surface area contributed by atoms with Gasteiger partial charge in [-0.2, -0.15) is 0 Å². The van der Waals surface area contributed by atoms with Gasteiger partial charge in [0.05, 0.1) is 5.56 Å². The summed E-state index contributed by atoms with van der Waals surface area (Å²) < 4.78 is 26.5. The summed E-state index contributed by atoms with van der Waals surface area (Å²) in [6.45, 7) is -0.0549. The number of likely N-dealkylation sites (N-methyl/N-ethyl adjacent to an activating group) is 1. The van der Waals surface area contributed by atoms with Crippen LogP contribution in [-0.2, 0) is 32.6 Å². The van der Waals surface area contributed by atoms with Gasteiger partial charge in [-0.1, -0.05) is 72.3 Å². The fourth-order valence-corrected chi connectivity index (χ4v) is 6.30. The van der Waals surface area contributed by atoms with Crippen LogP contribution in [0.1, 0.15) is 34.3 Å². The molecule has 198 valence electrons. The fraction of sp³-hybridized carbons (Fsp3) is 0.250. The van der Waals surface area contributed by atoms with Gasteiger partial charge >= 0.3 is 0 Å². The summed E-state index contributed by atoms with van der Waals surface area (Å²) >= 11 is 6.38. The van der Waals surface area contributed by atoms with Crippen molar-refractivity contribution < 1.29 is 22.8 Å². The number of nitrogens with zero attached hydrogens (tertiary/aromatic N) is 2. The van der Waals surface area contributed by atoms with Gasteiger partial charge in [-0.3, -0.25) is 14.4 Å². The zero-order chi connectivity index (χ0) is 27.3. The quantitative estimate of drug-likeness (QED) is 0.413. The number of hydrogen-bond donors (Lipinski definition) is 1. The number of halogens is 1. The van der Waals surface area contributed by atoms with Gasteiger partial charge in [0.25, 0.3) is 15.9 Å². The maximum atomic E-state index is 13.6. The second-order valence-electron chi connectivity index (χ2n) is 8.91. The third-order valence-corrected chi connectivity index (χ3v) is 8.69. The van der Waals surface area contributed by atoms with Crippen LogP contribution in [0.15, 0.2) is 83.8 Å². The van der Waals surface area contributed by atoms with E-state index in [0.29, 0.717) is 10.6 Å². The molecule has 0 aliphatic carbocycles. The molecule has 0 saturated heterocycles. The SMILES string of the molecule is CNC(=O)C(Cc1ccccc1)N(Cc1ccccc1Cl)C(=O)CCCN1C(=O)c2ccccc2S1(=O)=O. The van der Waals surface area contributed by atoms with Crippen LogP contribution in [0.4, 0.5) is 0 Å². The fourth-order valence-electron chi connectivity index (χ4n) is 4.50. The molecule has 1 N–H and O–H groups in total. The molecule has 3 aromatic carbocycles. The number of nitrogens with one attached hydrogen (secondary N) is 1. The lowest BCUT2D eigenvalue weighted by Gasteiger charge is -2.31. The largest absolute Gasteiger partial charge is 0.357 e. The molecule has 0 aromatic heterocycles. The highest BCUT2D eigenvalue weighted by Crippen LogP contribution is 2.30. The van der Waals surface area contributed by atoms with Crippen molar-refractivity contribution in [1.29, 1.82) is 0 Å². The molecule has 0 spiro atoms. The first-order chi connectivity index (χ1) is 18.2. The number of carbonyl (C=O) groups excluding carboxylic acids is 3. The average Bonchev–Trinajstić information content (AvgIpc) is 3.12. The minimum Gasteiger partial charge on any atom is -0.357 e. The van der Waals surface area contributed by atoms with Gasteiger partial charge in [-0.05, 0) is 35.7 Å². The number of fused-ring (bicyclic) bond motifs is 1. The lowest BCUT2D eigenvalue weighted by Crippen LogP contribution is -2.49. The minimum atomic E-state index is -3.97. The van der Waals surface area contributed by atoms with E-state index in [1.54, 1.807) is 36.4 Å². The first-order valence-corrected chi connectivity index (χ1v) is 14.0. The summed E-state index contributed by atoms with van der Waals surface area (Å²) in [5, 5.41) is 3.12. The first kappa shape index (κ1) is 27.3. The number of benzene rings is 3. The number of sulfonamides is 1. The molecule has 10 heteroatoms. The van der Waals surface area contributed by atoms with Crippen LogP contribution in [0.3, 0.4) is 0 Å². The average molecular weight is 554 g/mol. The Labute approximate surface area is 227 Å². The molecule has 0 bridgehead atoms. The molecule has 0 fully saturated rings. The van der Waals surface area contributed by atoms with Crippen molar-refractivity contribution in [2.24, 2.45) is 0 Å². The summed E-state index contributed by atoms with van der Waals surface area (Å²) in [7, 11) is -2.45. The van der Waals surface area contributed by atoms with Gasteiger partial charge in [-0.25, -0.2) is 12.7 Å². The molecule has 4 rings (SSSR count). The van der Waals surface area contributed by atoms with Crippen LogP contribution in [0.2, 0.25) is 5.02 Å². The smallest absolute Gasteiger partial charge is 0.269 e. The van der Waals surface area contributed by atoms with E-state index in [0.717, 1.165) is 9.87 Å². The molecular formula is C28H28ClN3O5S. The van der Waals surface area contributed by atoms with Gasteiger partial charge in [0.2, 0.25) is 11.8 Å². The normalized spacial score (nSPS) is 14.6. The maximum absolute atomic E-state index is 13.6. The van der Waals surface area contributed by atoms with E-state index in [4.69, 9.17) is 11.6 Å². The van der Waals surface area contributed by atoms with E-state index in [2.05, 4.69) is 5.32 Å². The lowest BCUT2D eigenvalue weighted by atomic mass is 10.0. The Bertz CT molecular complexity index is 1450. The monoisotopic (exact) mass is 553 g/mol. The van der Waals surface area contributed by atoms with Crippen molar-refractivity contribution in [3.05, 3.63) is 101 Å². The summed E-state index contributed by atoms with van der Waals surface area (Å²) in [5.74, 6) is -1.29. The molecule has 1 aliphatic heterocycles. The van der Waals surface area contributed by atoms with E-state index in [-0.39, 0.29) is 54.6 Å². The highest BCUT2D eigenvalue weighted by atomic mass is 35.5. The predicted molar refractivity (Wildman–Crippen MR) is 144 cm³/mol. The Kier molecular flexibility index (Phi) is 8.48. The Balaban J connectivity index is 1.55. The summed E-state index contributed by atoms with van der Waals surface area (Å²) in [6, 6.07) is 21.7. The third-order valence-electron chi connectivity index (χ3n) is 6.48. The Hall–Kier alpha value is -3.69. The molecule has 3 amide bonds. The summed E-state index contributed by atoms with van der Waals surface area (Å²) in [5.41, 5.74) is 1.68. The van der Waals surface area contributed by atoms with Crippen molar-refractivity contribution >= 4 is 39.3 Å². The highest BCUT2D eigenvalue weighted by Gasteiger charge is 2.40. The molecular weight excluding hydrogens is 526 g/mol. The predicted octanol–water partition coefficient (Wildman–Crippen LogP) is 3.65. The molecule has 0 saturated carbocycles. The Morgan fingerprint density at radius 1 is 0.974 bits per heavy atom. The molecule has 0 radical (unpaired) electrons. The van der Waals surface area contributed by atoms with Crippen LogP contribution in [0.25, 0.3) is 0 Å². The number of carbonyl (C=O) groups is 3. The van der Waals surface area contributed by atoms with E-state index in [9.17, 15) is 22.8 Å². The van der Waals surface area contributed by atoms with Gasteiger partial charge in [0.15, 0.2) is 0 Å². The standard InChI is InChI=1S/C28H28ClN3O5S/c1-30-27(34)24(18-20-10-3-2-4-11-20)31(19-21-12-5-7-14-23(21)29)26(33)16-9-17-32-28(35)22-13-6-8-15-25(22)38(32,36)37/h2-8,10-15,24H,9,16-19H2,1H3,(H,30,34). The third kappa shape index (κ3) is 5.74. The van der Waals surface area contributed by atoms with Gasteiger partial charge in [0, 0.05) is 38.0 Å². The van der Waals surface area contributed by atoms with Crippen LogP contribution in [0.5, 0.6) is 0 Å². The van der Waals surface area contributed by atoms with E-state index in [1.165, 1.54) is 24.1 Å². The van der Waals surface area contributed by atoms with E-state index >= 15 is 0 Å². The van der Waals surface area contributed by atoms with Gasteiger partial charge in [-0.15, -0.1) is 0 Å². The van der Waals surface area contributed by atoms with Crippen LogP contribution >= 0.6 is 11.6 Å². The number of hydrogen-bond acceptors (Lipinski definition) is 5. The summed E-state index contributed by atoms with van der Waals surface area (Å²) in [6.07, 6.45) is 0.315. The van der Waals surface area contributed by atoms with Gasteiger partial charge < -0.3 is 10.2 Å². The van der Waals surface area contributed by atoms with Crippen molar-refractivity contribution in [3.8, 4) is 0 Å². The molecule has 8 nitrogen and oxygen atoms in total. The van der Waals surface area contributed by atoms with E-state index in [1.807, 2.05) is 30.3 Å². The molecule has 1 aliphatic rings. The van der Waals surface area contributed by atoms with Gasteiger partial charge in [0.1, 0.15) is 10.9 Å². The molecule has 1 atom stereocenters. The van der Waals surface area contributed by atoms with Crippen molar-refractivity contribution in [2.75, 3.05) is 13.6 Å². The molecule has 38 heavy (non-hydrogen) atoms. The Morgan fingerprint density at radius 3 is 2.32 bits per heavy atom. The first-order valence-electron chi connectivity index (χ1n) is 12.2. The Morgan fingerprint density at radius 2 is 1.63 bits per heavy atom. The van der Waals surface area contributed by atoms with Crippen LogP contribution < -0.4 is 5.32 Å². The zero-order valence-electron chi connectivity index (χ0n) is 20.8. The lowest BCUT2D eigenvalue weighted by molar-refractivity contribution is -0.141. The van der Waals surface area contributed by atoms with Crippen LogP contribution in [-0.4, -0.2) is 55.0 Å². The number of amides is 3. The number of rotatable bonds is 10. The van der Waals surface area contributed by atoms with Crippen molar-refractivity contribution in [3.63, 3.8) is 0 Å². The van der Waals surface area contributed by atoms with Crippen molar-refractivity contribution in [2.45, 2.75) is 36.7 Å². The van der Waals surface area contributed by atoms with Crippen molar-refractivity contribution in [1.82, 2.24) is 14.5 Å². The molecule has 3 aromatic rings. The zero-order valence-corrected chi connectivity index (χ0v) is 22.4. The second-order valence-corrected chi connectivity index (χ2v) is 11.2. The molecule has 1 heterocycles. The maximum Gasteiger partial charge on any atom is 0.269 e. The summed E-state index contributed by atoms with van der Waals surface area (Å²) in [4.78, 5) is 40.8. The molecule has 1 unspecified atom stereocenters. The highest BCUT2D eigenvalue weighted by molar-refractivity contribution is 7.90. The topological polar surface area (TPSA) is 104 Å². The van der Waals surface area contributed by atoms with Crippen LogP contribution in [0, 0.1) is 0 Å². The second kappa shape index (κ2) is 11.8.